The first-order valence-electron chi connectivity index (χ1n) is 12.8. The predicted molar refractivity (Wildman–Crippen MR) is 154 cm³/mol. The molecule has 5 aromatic carbocycles. The summed E-state index contributed by atoms with van der Waals surface area (Å²) < 4.78 is 5.05. The molecule has 0 bridgehead atoms. The quantitative estimate of drug-likeness (QED) is 0.213. The zero-order valence-corrected chi connectivity index (χ0v) is 20.6. The Morgan fingerprint density at radius 2 is 0.833 bits per heavy atom. The highest BCUT2D eigenvalue weighted by Gasteiger charge is 2.28. The van der Waals surface area contributed by atoms with Gasteiger partial charge in [-0.2, -0.15) is 0 Å². The van der Waals surface area contributed by atoms with Gasteiger partial charge in [-0.05, 0) is 41.3 Å². The Kier molecular flexibility index (Phi) is 3.11. The normalized spacial score (nSPS) is 13.4. The van der Waals surface area contributed by atoms with Crippen LogP contribution < -0.4 is 0 Å². The second kappa shape index (κ2) is 5.91. The van der Waals surface area contributed by atoms with Crippen molar-refractivity contribution in [3.8, 4) is 0 Å². The number of benzene rings is 5. The van der Waals surface area contributed by atoms with E-state index in [1.807, 2.05) is 0 Å². The van der Waals surface area contributed by atoms with Crippen LogP contribution in [0, 0.1) is 0 Å². The minimum Gasteiger partial charge on any atom is -0.308 e. The summed E-state index contributed by atoms with van der Waals surface area (Å²) in [6, 6.07) is 34.0. The van der Waals surface area contributed by atoms with Crippen molar-refractivity contribution in [2.24, 2.45) is 0 Å². The summed E-state index contributed by atoms with van der Waals surface area (Å²) >= 11 is 0. The molecule has 0 aliphatic rings. The maximum atomic E-state index is 2.53. The van der Waals surface area contributed by atoms with E-state index in [1.54, 1.807) is 0 Å². The summed E-state index contributed by atoms with van der Waals surface area (Å²) in [6.07, 6.45) is 0. The molecular weight excluding hydrogens is 436 g/mol. The standard InChI is InChI=1S/C34H24N2/c1-34(2,3)19-16-17-27-23(18-19)31-30-22-12-6-8-14-25(22)35-24-13-7-4-10-20(24)28(32(30)35)29-21-11-5-9-15-26(21)36(27)33(29)31/h4-18H,1-3H3. The number of para-hydroxylation sites is 3. The molecule has 4 heterocycles. The Morgan fingerprint density at radius 1 is 0.444 bits per heavy atom. The van der Waals surface area contributed by atoms with Gasteiger partial charge in [-0.25, -0.2) is 0 Å². The molecular formula is C34H24N2. The maximum Gasteiger partial charge on any atom is 0.0634 e. The van der Waals surface area contributed by atoms with Crippen LogP contribution in [0.5, 0.6) is 0 Å². The molecule has 9 aromatic rings. The first-order valence-corrected chi connectivity index (χ1v) is 12.8. The molecule has 0 amide bonds. The molecule has 2 nitrogen and oxygen atoms in total. The van der Waals surface area contributed by atoms with Crippen LogP contribution in [0.1, 0.15) is 26.3 Å². The lowest BCUT2D eigenvalue weighted by Gasteiger charge is -2.19. The Bertz CT molecular complexity index is 2340. The number of fused-ring (bicyclic) bond motifs is 14. The number of aromatic nitrogens is 2. The fourth-order valence-electron chi connectivity index (χ4n) is 7.00. The van der Waals surface area contributed by atoms with Gasteiger partial charge in [-0.1, -0.05) is 81.4 Å². The van der Waals surface area contributed by atoms with E-state index in [0.717, 1.165) is 0 Å². The molecule has 0 saturated heterocycles. The van der Waals surface area contributed by atoms with Gasteiger partial charge in [0.15, 0.2) is 0 Å². The third-order valence-corrected chi connectivity index (χ3v) is 8.51. The third kappa shape index (κ3) is 1.96. The fourth-order valence-corrected chi connectivity index (χ4v) is 7.00. The summed E-state index contributed by atoms with van der Waals surface area (Å²) in [4.78, 5) is 0. The highest BCUT2D eigenvalue weighted by atomic mass is 14.9. The maximum absolute atomic E-state index is 2.53. The van der Waals surface area contributed by atoms with Crippen LogP contribution in [0.3, 0.4) is 0 Å². The first kappa shape index (κ1) is 19.0. The first-order chi connectivity index (χ1) is 17.5. The lowest BCUT2D eigenvalue weighted by Crippen LogP contribution is -2.10. The van der Waals surface area contributed by atoms with Crippen molar-refractivity contribution in [3.63, 3.8) is 0 Å². The van der Waals surface area contributed by atoms with Crippen molar-refractivity contribution in [3.05, 3.63) is 96.6 Å². The summed E-state index contributed by atoms with van der Waals surface area (Å²) in [5, 5.41) is 10.9. The molecule has 0 atom stereocenters. The van der Waals surface area contributed by atoms with E-state index in [9.17, 15) is 0 Å². The highest BCUT2D eigenvalue weighted by Crippen LogP contribution is 2.51. The van der Waals surface area contributed by atoms with Crippen molar-refractivity contribution < 1.29 is 0 Å². The van der Waals surface area contributed by atoms with Gasteiger partial charge in [0, 0.05) is 43.1 Å². The van der Waals surface area contributed by atoms with E-state index in [0.29, 0.717) is 0 Å². The Morgan fingerprint density at radius 3 is 1.28 bits per heavy atom. The van der Waals surface area contributed by atoms with E-state index >= 15 is 0 Å². The van der Waals surface area contributed by atoms with Crippen LogP contribution in [-0.2, 0) is 5.41 Å². The number of hydrogen-bond acceptors (Lipinski definition) is 0. The number of rotatable bonds is 0. The summed E-state index contributed by atoms with van der Waals surface area (Å²) in [7, 11) is 0. The molecule has 0 aliphatic heterocycles. The molecule has 0 saturated carbocycles. The predicted octanol–water partition coefficient (Wildman–Crippen LogP) is 9.28. The monoisotopic (exact) mass is 460 g/mol. The van der Waals surface area contributed by atoms with Gasteiger partial charge < -0.3 is 8.80 Å². The summed E-state index contributed by atoms with van der Waals surface area (Å²) in [6.45, 7) is 6.93. The molecule has 4 aromatic heterocycles. The van der Waals surface area contributed by atoms with E-state index in [1.165, 1.54) is 81.8 Å². The van der Waals surface area contributed by atoms with Gasteiger partial charge in [-0.15, -0.1) is 0 Å². The molecule has 0 unspecified atom stereocenters. The van der Waals surface area contributed by atoms with Gasteiger partial charge in [0.05, 0.1) is 33.1 Å². The molecule has 0 N–H and O–H groups in total. The average molecular weight is 461 g/mol. The van der Waals surface area contributed by atoms with Crippen LogP contribution in [0.15, 0.2) is 91.0 Å². The largest absolute Gasteiger partial charge is 0.308 e. The third-order valence-electron chi connectivity index (χ3n) is 8.51. The lowest BCUT2D eigenvalue weighted by molar-refractivity contribution is 0.591. The van der Waals surface area contributed by atoms with Crippen LogP contribution in [0.25, 0.3) is 76.2 Å². The second-order valence-corrected chi connectivity index (χ2v) is 11.4. The van der Waals surface area contributed by atoms with Crippen LogP contribution >= 0.6 is 0 Å². The van der Waals surface area contributed by atoms with Gasteiger partial charge in [0.1, 0.15) is 0 Å². The van der Waals surface area contributed by atoms with Crippen molar-refractivity contribution in [2.75, 3.05) is 0 Å². The lowest BCUT2D eigenvalue weighted by atomic mass is 9.86. The molecule has 0 fully saturated rings. The number of hydrogen-bond donors (Lipinski definition) is 0. The van der Waals surface area contributed by atoms with Gasteiger partial charge in [0.2, 0.25) is 0 Å². The number of nitrogens with zero attached hydrogens (tertiary/aromatic N) is 2. The molecule has 36 heavy (non-hydrogen) atoms. The molecule has 170 valence electrons. The van der Waals surface area contributed by atoms with Crippen molar-refractivity contribution in [1.29, 1.82) is 0 Å². The Labute approximate surface area is 207 Å². The minimum atomic E-state index is 0.0880. The van der Waals surface area contributed by atoms with Crippen molar-refractivity contribution in [2.45, 2.75) is 26.2 Å². The van der Waals surface area contributed by atoms with Gasteiger partial charge in [0.25, 0.3) is 0 Å². The van der Waals surface area contributed by atoms with Crippen molar-refractivity contribution >= 4 is 76.2 Å². The average Bonchev–Trinajstić information content (AvgIpc) is 3.60. The van der Waals surface area contributed by atoms with Gasteiger partial charge in [-0.3, -0.25) is 0 Å². The van der Waals surface area contributed by atoms with E-state index in [2.05, 4.69) is 121 Å². The van der Waals surface area contributed by atoms with E-state index in [-0.39, 0.29) is 5.41 Å². The Balaban J connectivity index is 1.75. The fraction of sp³-hybridized carbons (Fsp3) is 0.118. The second-order valence-electron chi connectivity index (χ2n) is 11.4. The molecule has 9 rings (SSSR count). The molecule has 0 aliphatic carbocycles. The highest BCUT2D eigenvalue weighted by molar-refractivity contribution is 6.45. The zero-order valence-electron chi connectivity index (χ0n) is 20.6. The van der Waals surface area contributed by atoms with E-state index in [4.69, 9.17) is 0 Å². The molecule has 0 spiro atoms. The molecule has 2 heteroatoms. The van der Waals surface area contributed by atoms with Crippen LogP contribution in [-0.4, -0.2) is 8.80 Å². The smallest absolute Gasteiger partial charge is 0.0634 e. The van der Waals surface area contributed by atoms with E-state index < -0.39 is 0 Å². The minimum absolute atomic E-state index is 0.0880. The topological polar surface area (TPSA) is 8.82 Å². The Hall–Kier alpha value is -4.30. The summed E-state index contributed by atoms with van der Waals surface area (Å²) in [5.74, 6) is 0. The van der Waals surface area contributed by atoms with Crippen LogP contribution in [0.4, 0.5) is 0 Å². The van der Waals surface area contributed by atoms with Gasteiger partial charge >= 0.3 is 0 Å². The zero-order chi connectivity index (χ0) is 23.9. The van der Waals surface area contributed by atoms with Crippen molar-refractivity contribution in [1.82, 2.24) is 8.80 Å². The SMILES string of the molecule is CC(C)(C)c1ccc2c(c1)c1c3c4ccccc4n4c5ccccc5c(c5c6ccccc6n2c51)c34. The summed E-state index contributed by atoms with van der Waals surface area (Å²) in [5.41, 5.74) is 9.36. The molecule has 0 radical (unpaired) electrons. The van der Waals surface area contributed by atoms with Crippen LogP contribution in [0.2, 0.25) is 0 Å².